The molecule has 0 spiro atoms. The zero-order valence-corrected chi connectivity index (χ0v) is 15.5. The Hall–Kier alpha value is -3.88. The van der Waals surface area contributed by atoms with Gasteiger partial charge in [-0.25, -0.2) is 4.68 Å². The van der Waals surface area contributed by atoms with Crippen LogP contribution < -0.4 is 21.1 Å². The quantitative estimate of drug-likeness (QED) is 0.601. The van der Waals surface area contributed by atoms with Crippen molar-refractivity contribution < 1.29 is 14.3 Å². The first kappa shape index (κ1) is 18.9. The van der Waals surface area contributed by atoms with Crippen LogP contribution in [0.3, 0.4) is 0 Å². The van der Waals surface area contributed by atoms with Gasteiger partial charge in [0.15, 0.2) is 11.5 Å². The number of carbonyl (C=O) groups is 2. The fourth-order valence-electron chi connectivity index (χ4n) is 2.57. The van der Waals surface area contributed by atoms with Gasteiger partial charge >= 0.3 is 0 Å². The summed E-state index contributed by atoms with van der Waals surface area (Å²) in [6.07, 6.45) is 0. The third-order valence-electron chi connectivity index (χ3n) is 4.06. The van der Waals surface area contributed by atoms with Gasteiger partial charge in [-0.1, -0.05) is 35.5 Å². The van der Waals surface area contributed by atoms with Crippen LogP contribution in [0.25, 0.3) is 0 Å². The highest BCUT2D eigenvalue weighted by Crippen LogP contribution is 2.24. The SMILES string of the molecule is COc1ccccc1NC(=O)c1nnn(CC(=O)Nc2ccccc2C)c1N. The Morgan fingerprint density at radius 1 is 1.07 bits per heavy atom. The molecule has 0 aliphatic heterocycles. The Labute approximate surface area is 161 Å². The smallest absolute Gasteiger partial charge is 0.280 e. The fraction of sp³-hybridized carbons (Fsp3) is 0.158. The first-order valence-corrected chi connectivity index (χ1v) is 8.48. The van der Waals surface area contributed by atoms with E-state index in [0.29, 0.717) is 17.1 Å². The maximum atomic E-state index is 12.5. The van der Waals surface area contributed by atoms with E-state index in [4.69, 9.17) is 10.5 Å². The summed E-state index contributed by atoms with van der Waals surface area (Å²) in [5, 5.41) is 13.1. The highest BCUT2D eigenvalue weighted by atomic mass is 16.5. The minimum atomic E-state index is -0.549. The van der Waals surface area contributed by atoms with Gasteiger partial charge in [0.25, 0.3) is 5.91 Å². The van der Waals surface area contributed by atoms with E-state index in [-0.39, 0.29) is 24.0 Å². The average molecular weight is 380 g/mol. The number of anilines is 3. The number of hydrogen-bond donors (Lipinski definition) is 3. The lowest BCUT2D eigenvalue weighted by molar-refractivity contribution is -0.116. The van der Waals surface area contributed by atoms with Crippen LogP contribution in [0.1, 0.15) is 16.1 Å². The van der Waals surface area contributed by atoms with Crippen molar-refractivity contribution in [2.24, 2.45) is 0 Å². The topological polar surface area (TPSA) is 124 Å². The number of benzene rings is 2. The molecule has 0 bridgehead atoms. The van der Waals surface area contributed by atoms with Crippen molar-refractivity contribution in [2.45, 2.75) is 13.5 Å². The van der Waals surface area contributed by atoms with Crippen molar-refractivity contribution in [2.75, 3.05) is 23.5 Å². The Balaban J connectivity index is 1.70. The van der Waals surface area contributed by atoms with E-state index < -0.39 is 5.91 Å². The molecule has 0 aliphatic carbocycles. The molecule has 28 heavy (non-hydrogen) atoms. The highest BCUT2D eigenvalue weighted by molar-refractivity contribution is 6.06. The van der Waals surface area contributed by atoms with Crippen molar-refractivity contribution in [3.05, 3.63) is 59.8 Å². The Morgan fingerprint density at radius 3 is 2.46 bits per heavy atom. The minimum absolute atomic E-state index is 0.00710. The first-order chi connectivity index (χ1) is 13.5. The monoisotopic (exact) mass is 380 g/mol. The molecule has 0 atom stereocenters. The second kappa shape index (κ2) is 8.21. The van der Waals surface area contributed by atoms with Gasteiger partial charge < -0.3 is 21.1 Å². The van der Waals surface area contributed by atoms with Crippen molar-refractivity contribution in [1.29, 1.82) is 0 Å². The number of rotatable bonds is 6. The summed E-state index contributed by atoms with van der Waals surface area (Å²) < 4.78 is 6.37. The molecule has 1 aromatic heterocycles. The van der Waals surface area contributed by atoms with E-state index in [1.165, 1.54) is 11.8 Å². The Bertz CT molecular complexity index is 1010. The van der Waals surface area contributed by atoms with Gasteiger partial charge in [0.05, 0.1) is 12.8 Å². The summed E-state index contributed by atoms with van der Waals surface area (Å²) in [5.41, 5.74) is 7.99. The Kier molecular flexibility index (Phi) is 5.54. The standard InChI is InChI=1S/C19H20N6O3/c1-12-7-3-4-8-13(12)21-16(26)11-25-18(20)17(23-24-25)19(27)22-14-9-5-6-10-15(14)28-2/h3-10H,11,20H2,1-2H3,(H,21,26)(H,22,27). The number of carbonyl (C=O) groups excluding carboxylic acids is 2. The number of methoxy groups -OCH3 is 1. The normalized spacial score (nSPS) is 10.4. The number of nitrogens with two attached hydrogens (primary N) is 1. The second-order valence-corrected chi connectivity index (χ2v) is 6.00. The number of hydrogen-bond acceptors (Lipinski definition) is 6. The largest absolute Gasteiger partial charge is 0.495 e. The van der Waals surface area contributed by atoms with Crippen LogP contribution in [0.15, 0.2) is 48.5 Å². The molecule has 0 saturated heterocycles. The van der Waals surface area contributed by atoms with Gasteiger partial charge in [0, 0.05) is 5.69 Å². The molecule has 144 valence electrons. The van der Waals surface area contributed by atoms with Gasteiger partial charge in [0.1, 0.15) is 12.3 Å². The number of aromatic nitrogens is 3. The molecule has 0 saturated carbocycles. The predicted octanol–water partition coefficient (Wildman–Crippen LogP) is 2.07. The van der Waals surface area contributed by atoms with Gasteiger partial charge in [-0.2, -0.15) is 0 Å². The first-order valence-electron chi connectivity index (χ1n) is 8.48. The van der Waals surface area contributed by atoms with E-state index in [2.05, 4.69) is 20.9 Å². The molecular formula is C19H20N6O3. The zero-order chi connectivity index (χ0) is 20.1. The minimum Gasteiger partial charge on any atom is -0.495 e. The third-order valence-corrected chi connectivity index (χ3v) is 4.06. The van der Waals surface area contributed by atoms with E-state index in [0.717, 1.165) is 5.56 Å². The van der Waals surface area contributed by atoms with Gasteiger partial charge in [-0.15, -0.1) is 5.10 Å². The molecule has 0 fully saturated rings. The Morgan fingerprint density at radius 2 is 1.75 bits per heavy atom. The van der Waals surface area contributed by atoms with E-state index in [1.807, 2.05) is 25.1 Å². The summed E-state index contributed by atoms with van der Waals surface area (Å²) in [6.45, 7) is 1.72. The number of para-hydroxylation sites is 3. The van der Waals surface area contributed by atoms with Crippen LogP contribution in [0.5, 0.6) is 5.75 Å². The third kappa shape index (κ3) is 4.09. The molecule has 9 heteroatoms. The van der Waals surface area contributed by atoms with Crippen LogP contribution >= 0.6 is 0 Å². The summed E-state index contributed by atoms with van der Waals surface area (Å²) in [5.74, 6) is -0.387. The maximum Gasteiger partial charge on any atom is 0.280 e. The molecule has 1 heterocycles. The molecule has 4 N–H and O–H groups in total. The number of ether oxygens (including phenoxy) is 1. The summed E-state index contributed by atoms with van der Waals surface area (Å²) in [7, 11) is 1.50. The maximum absolute atomic E-state index is 12.5. The number of nitrogens with one attached hydrogen (secondary N) is 2. The van der Waals surface area contributed by atoms with Crippen LogP contribution in [-0.4, -0.2) is 33.9 Å². The van der Waals surface area contributed by atoms with E-state index in [1.54, 1.807) is 30.3 Å². The summed E-state index contributed by atoms with van der Waals surface area (Å²) in [4.78, 5) is 24.7. The molecule has 3 aromatic rings. The fourth-order valence-corrected chi connectivity index (χ4v) is 2.57. The highest BCUT2D eigenvalue weighted by Gasteiger charge is 2.20. The van der Waals surface area contributed by atoms with Crippen LogP contribution in [-0.2, 0) is 11.3 Å². The lowest BCUT2D eigenvalue weighted by atomic mass is 10.2. The second-order valence-electron chi connectivity index (χ2n) is 6.00. The summed E-state index contributed by atoms with van der Waals surface area (Å²) >= 11 is 0. The molecule has 2 aromatic carbocycles. The van der Waals surface area contributed by atoms with Crippen LogP contribution in [0.4, 0.5) is 17.2 Å². The predicted molar refractivity (Wildman–Crippen MR) is 105 cm³/mol. The molecular weight excluding hydrogens is 360 g/mol. The number of aryl methyl sites for hydroxylation is 1. The van der Waals surface area contributed by atoms with E-state index >= 15 is 0 Å². The number of nitrogens with zero attached hydrogens (tertiary/aromatic N) is 3. The molecule has 0 radical (unpaired) electrons. The summed E-state index contributed by atoms with van der Waals surface area (Å²) in [6, 6.07) is 14.3. The van der Waals surface area contributed by atoms with Crippen LogP contribution in [0.2, 0.25) is 0 Å². The zero-order valence-electron chi connectivity index (χ0n) is 15.5. The lowest BCUT2D eigenvalue weighted by Crippen LogP contribution is -2.21. The average Bonchev–Trinajstić information content (AvgIpc) is 3.04. The van der Waals surface area contributed by atoms with Crippen LogP contribution in [0, 0.1) is 6.92 Å². The number of nitrogen functional groups attached to an aromatic ring is 1. The van der Waals surface area contributed by atoms with Crippen molar-refractivity contribution in [3.63, 3.8) is 0 Å². The van der Waals surface area contributed by atoms with E-state index in [9.17, 15) is 9.59 Å². The molecule has 3 rings (SSSR count). The number of amides is 2. The van der Waals surface area contributed by atoms with Gasteiger partial charge in [0.2, 0.25) is 5.91 Å². The van der Waals surface area contributed by atoms with Gasteiger partial charge in [-0.05, 0) is 30.7 Å². The van der Waals surface area contributed by atoms with Gasteiger partial charge in [-0.3, -0.25) is 9.59 Å². The van der Waals surface area contributed by atoms with Crippen molar-refractivity contribution in [3.8, 4) is 5.75 Å². The van der Waals surface area contributed by atoms with Crippen molar-refractivity contribution >= 4 is 29.0 Å². The molecule has 2 amide bonds. The molecule has 9 nitrogen and oxygen atoms in total. The van der Waals surface area contributed by atoms with Crippen molar-refractivity contribution in [1.82, 2.24) is 15.0 Å². The lowest BCUT2D eigenvalue weighted by Gasteiger charge is -2.09. The molecule has 0 aliphatic rings. The molecule has 0 unspecified atom stereocenters.